The molecule has 0 saturated carbocycles. The summed E-state index contributed by atoms with van der Waals surface area (Å²) in [5.41, 5.74) is 0.336. The van der Waals surface area contributed by atoms with Crippen LogP contribution in [0.25, 0.3) is 0 Å². The summed E-state index contributed by atoms with van der Waals surface area (Å²) in [5, 5.41) is 9.14. The number of morpholine rings is 1. The van der Waals surface area contributed by atoms with Crippen LogP contribution in [0.15, 0.2) is 18.2 Å². The molecule has 0 bridgehead atoms. The van der Waals surface area contributed by atoms with Crippen LogP contribution >= 0.6 is 0 Å². The zero-order valence-electron chi connectivity index (χ0n) is 13.2. The normalized spacial score (nSPS) is 20.4. The van der Waals surface area contributed by atoms with Gasteiger partial charge in [-0.25, -0.2) is 4.79 Å². The number of carbonyl (C=O) groups is 3. The molecule has 1 aromatic carbocycles. The Balaban J connectivity index is 1.88. The summed E-state index contributed by atoms with van der Waals surface area (Å²) in [4.78, 5) is 39.0. The van der Waals surface area contributed by atoms with Crippen LogP contribution in [0.1, 0.15) is 17.3 Å². The van der Waals surface area contributed by atoms with E-state index in [1.54, 1.807) is 11.8 Å². The molecule has 2 amide bonds. The van der Waals surface area contributed by atoms with Gasteiger partial charge in [-0.15, -0.1) is 0 Å². The average Bonchev–Trinajstić information content (AvgIpc) is 2.59. The molecule has 0 radical (unpaired) electrons. The highest BCUT2D eigenvalue weighted by Crippen LogP contribution is 2.35. The van der Waals surface area contributed by atoms with E-state index in [-0.39, 0.29) is 23.9 Å². The van der Waals surface area contributed by atoms with Crippen LogP contribution in [-0.2, 0) is 14.3 Å². The maximum atomic E-state index is 12.5. The second-order valence-electron chi connectivity index (χ2n) is 5.67. The van der Waals surface area contributed by atoms with Gasteiger partial charge in [-0.1, -0.05) is 0 Å². The van der Waals surface area contributed by atoms with Crippen molar-refractivity contribution in [1.82, 2.24) is 4.90 Å². The van der Waals surface area contributed by atoms with Gasteiger partial charge in [-0.05, 0) is 25.1 Å². The molecule has 24 heavy (non-hydrogen) atoms. The second-order valence-corrected chi connectivity index (χ2v) is 5.67. The molecule has 0 aliphatic carbocycles. The van der Waals surface area contributed by atoms with Gasteiger partial charge in [0.1, 0.15) is 12.3 Å². The molecule has 2 aliphatic rings. The number of ether oxygens (including phenoxy) is 2. The first-order valence-corrected chi connectivity index (χ1v) is 7.68. The Morgan fingerprint density at radius 1 is 1.29 bits per heavy atom. The van der Waals surface area contributed by atoms with E-state index in [1.165, 1.54) is 23.1 Å². The molecule has 128 valence electrons. The van der Waals surface area contributed by atoms with E-state index in [0.717, 1.165) is 0 Å². The zero-order chi connectivity index (χ0) is 17.3. The van der Waals surface area contributed by atoms with Crippen LogP contribution in [0.4, 0.5) is 5.69 Å². The first kappa shape index (κ1) is 16.3. The van der Waals surface area contributed by atoms with Crippen LogP contribution in [0, 0.1) is 0 Å². The van der Waals surface area contributed by atoms with Crippen LogP contribution in [0.3, 0.4) is 0 Å². The summed E-state index contributed by atoms with van der Waals surface area (Å²) in [7, 11) is 0. The smallest absolute Gasteiger partial charge is 0.335 e. The van der Waals surface area contributed by atoms with Crippen molar-refractivity contribution in [3.63, 3.8) is 0 Å². The third kappa shape index (κ3) is 3.05. The Bertz CT molecular complexity index is 683. The van der Waals surface area contributed by atoms with E-state index in [0.29, 0.717) is 37.7 Å². The molecule has 8 nitrogen and oxygen atoms in total. The number of hydrogen-bond donors (Lipinski definition) is 1. The van der Waals surface area contributed by atoms with Gasteiger partial charge >= 0.3 is 5.97 Å². The Morgan fingerprint density at radius 2 is 2.00 bits per heavy atom. The van der Waals surface area contributed by atoms with Gasteiger partial charge in [0.25, 0.3) is 5.91 Å². The lowest BCUT2D eigenvalue weighted by atomic mass is 10.1. The number of carbonyl (C=O) groups excluding carboxylic acids is 2. The van der Waals surface area contributed by atoms with E-state index in [4.69, 9.17) is 14.6 Å². The van der Waals surface area contributed by atoms with Crippen molar-refractivity contribution in [2.24, 2.45) is 0 Å². The van der Waals surface area contributed by atoms with E-state index in [9.17, 15) is 14.4 Å². The van der Waals surface area contributed by atoms with E-state index in [2.05, 4.69) is 0 Å². The number of fused-ring (bicyclic) bond motifs is 1. The monoisotopic (exact) mass is 334 g/mol. The predicted octanol–water partition coefficient (Wildman–Crippen LogP) is 0.358. The summed E-state index contributed by atoms with van der Waals surface area (Å²) in [6, 6.07) is 4.27. The van der Waals surface area contributed by atoms with Crippen molar-refractivity contribution >= 4 is 23.5 Å². The third-order valence-electron chi connectivity index (χ3n) is 4.07. The highest BCUT2D eigenvalue weighted by molar-refractivity contribution is 6.04. The van der Waals surface area contributed by atoms with Gasteiger partial charge in [0.15, 0.2) is 6.10 Å². The maximum Gasteiger partial charge on any atom is 0.335 e. The molecule has 0 spiro atoms. The third-order valence-corrected chi connectivity index (χ3v) is 4.07. The van der Waals surface area contributed by atoms with Crippen LogP contribution in [0.2, 0.25) is 0 Å². The van der Waals surface area contributed by atoms with Gasteiger partial charge in [-0.2, -0.15) is 0 Å². The standard InChI is InChI=1S/C16H18N2O6/c1-10-15(20)18(9-14(19)17-4-6-23-7-5-17)12-8-11(16(21)22)2-3-13(12)24-10/h2-3,8,10H,4-7,9H2,1H3,(H,21,22). The first-order valence-electron chi connectivity index (χ1n) is 7.68. The number of benzene rings is 1. The lowest BCUT2D eigenvalue weighted by Crippen LogP contribution is -2.51. The summed E-state index contributed by atoms with van der Waals surface area (Å²) in [6.07, 6.45) is -0.731. The summed E-state index contributed by atoms with van der Waals surface area (Å²) >= 11 is 0. The second kappa shape index (κ2) is 6.48. The maximum absolute atomic E-state index is 12.5. The van der Waals surface area contributed by atoms with Crippen molar-refractivity contribution in [1.29, 1.82) is 0 Å². The van der Waals surface area contributed by atoms with Gasteiger partial charge < -0.3 is 19.5 Å². The van der Waals surface area contributed by atoms with Crippen molar-refractivity contribution in [2.75, 3.05) is 37.7 Å². The SMILES string of the molecule is CC1Oc2ccc(C(=O)O)cc2N(CC(=O)N2CCOCC2)C1=O. The number of anilines is 1. The minimum absolute atomic E-state index is 0.0310. The predicted molar refractivity (Wildman–Crippen MR) is 83.2 cm³/mol. The fraction of sp³-hybridized carbons (Fsp3) is 0.438. The van der Waals surface area contributed by atoms with Crippen LogP contribution in [-0.4, -0.2) is 66.7 Å². The highest BCUT2D eigenvalue weighted by Gasteiger charge is 2.34. The highest BCUT2D eigenvalue weighted by atomic mass is 16.5. The van der Waals surface area contributed by atoms with E-state index >= 15 is 0 Å². The number of carboxylic acid groups (broad SMARTS) is 1. The molecule has 2 heterocycles. The van der Waals surface area contributed by atoms with Crippen molar-refractivity contribution in [3.8, 4) is 5.75 Å². The average molecular weight is 334 g/mol. The number of carboxylic acids is 1. The number of rotatable bonds is 3. The zero-order valence-corrected chi connectivity index (χ0v) is 13.2. The minimum atomic E-state index is -1.11. The van der Waals surface area contributed by atoms with Crippen LogP contribution < -0.4 is 9.64 Å². The molecule has 1 aromatic rings. The lowest BCUT2D eigenvalue weighted by molar-refractivity contribution is -0.136. The molecule has 1 unspecified atom stereocenters. The molecular formula is C16H18N2O6. The molecule has 8 heteroatoms. The molecule has 2 aliphatic heterocycles. The fourth-order valence-corrected chi connectivity index (χ4v) is 2.75. The summed E-state index contributed by atoms with van der Waals surface area (Å²) in [6.45, 7) is 3.35. The van der Waals surface area contributed by atoms with Gasteiger partial charge in [0.2, 0.25) is 5.91 Å². The largest absolute Gasteiger partial charge is 0.479 e. The Labute approximate surface area is 138 Å². The molecule has 0 aromatic heterocycles. The minimum Gasteiger partial charge on any atom is -0.479 e. The molecule has 1 fully saturated rings. The first-order chi connectivity index (χ1) is 11.5. The Hall–Kier alpha value is -2.61. The fourth-order valence-electron chi connectivity index (χ4n) is 2.75. The Morgan fingerprint density at radius 3 is 2.67 bits per heavy atom. The Kier molecular flexibility index (Phi) is 4.39. The summed E-state index contributed by atoms with van der Waals surface area (Å²) in [5.74, 6) is -1.29. The molecule has 1 saturated heterocycles. The van der Waals surface area contributed by atoms with Crippen molar-refractivity contribution < 1.29 is 29.0 Å². The van der Waals surface area contributed by atoms with Crippen molar-refractivity contribution in [3.05, 3.63) is 23.8 Å². The number of nitrogens with zero attached hydrogens (tertiary/aromatic N) is 2. The molecule has 1 atom stereocenters. The van der Waals surface area contributed by atoms with Gasteiger partial charge in [0.05, 0.1) is 24.5 Å². The molecule has 1 N–H and O–H groups in total. The van der Waals surface area contributed by atoms with E-state index < -0.39 is 12.1 Å². The van der Waals surface area contributed by atoms with Gasteiger partial charge in [-0.3, -0.25) is 14.5 Å². The molecule has 3 rings (SSSR count). The lowest BCUT2D eigenvalue weighted by Gasteiger charge is -2.35. The number of hydrogen-bond acceptors (Lipinski definition) is 5. The quantitative estimate of drug-likeness (QED) is 0.857. The van der Waals surface area contributed by atoms with Gasteiger partial charge in [0, 0.05) is 13.1 Å². The summed E-state index contributed by atoms with van der Waals surface area (Å²) < 4.78 is 10.7. The number of aromatic carboxylic acids is 1. The topological polar surface area (TPSA) is 96.4 Å². The molecular weight excluding hydrogens is 316 g/mol. The number of amides is 2. The van der Waals surface area contributed by atoms with Crippen LogP contribution in [0.5, 0.6) is 5.75 Å². The van der Waals surface area contributed by atoms with E-state index in [1.807, 2.05) is 0 Å². The van der Waals surface area contributed by atoms with Crippen molar-refractivity contribution in [2.45, 2.75) is 13.0 Å².